The summed E-state index contributed by atoms with van der Waals surface area (Å²) >= 11 is 13.3. The first kappa shape index (κ1) is 21.3. The van der Waals surface area contributed by atoms with Gasteiger partial charge in [0, 0.05) is 41.8 Å². The van der Waals surface area contributed by atoms with E-state index in [0.29, 0.717) is 16.6 Å². The summed E-state index contributed by atoms with van der Waals surface area (Å²) in [7, 11) is 0. The van der Waals surface area contributed by atoms with Gasteiger partial charge in [0.2, 0.25) is 0 Å². The lowest BCUT2D eigenvalue weighted by molar-refractivity contribution is -0.00898. The van der Waals surface area contributed by atoms with E-state index in [1.165, 1.54) is 23.3 Å². The molecule has 5 heteroatoms. The SMILES string of the molecule is Cc1ccc(CN2CCCN(Cc3ccc(F)cc3)[C@H]2c2c(Cl)cccc2Cl)cc1. The molecule has 1 fully saturated rings. The van der Waals surface area contributed by atoms with Crippen LogP contribution in [-0.2, 0) is 13.1 Å². The Kier molecular flexibility index (Phi) is 6.74. The highest BCUT2D eigenvalue weighted by molar-refractivity contribution is 6.36. The van der Waals surface area contributed by atoms with Crippen molar-refractivity contribution >= 4 is 23.2 Å². The van der Waals surface area contributed by atoms with Gasteiger partial charge in [0.1, 0.15) is 5.82 Å². The molecule has 156 valence electrons. The molecule has 3 aromatic rings. The van der Waals surface area contributed by atoms with E-state index in [4.69, 9.17) is 23.2 Å². The van der Waals surface area contributed by atoms with E-state index in [1.807, 2.05) is 30.3 Å². The molecular formula is C25H25Cl2FN2. The van der Waals surface area contributed by atoms with Crippen molar-refractivity contribution in [2.45, 2.75) is 32.6 Å². The predicted octanol–water partition coefficient (Wildman–Crippen LogP) is 6.85. The molecule has 1 atom stereocenters. The third kappa shape index (κ3) is 4.87. The van der Waals surface area contributed by atoms with Gasteiger partial charge in [-0.3, -0.25) is 9.80 Å². The van der Waals surface area contributed by atoms with E-state index in [2.05, 4.69) is 41.0 Å². The lowest BCUT2D eigenvalue weighted by Crippen LogP contribution is -2.47. The molecule has 1 saturated heterocycles. The van der Waals surface area contributed by atoms with Crippen molar-refractivity contribution in [1.82, 2.24) is 9.80 Å². The summed E-state index contributed by atoms with van der Waals surface area (Å²) in [5.74, 6) is -0.218. The highest BCUT2D eigenvalue weighted by atomic mass is 35.5. The maximum atomic E-state index is 13.4. The van der Waals surface area contributed by atoms with Crippen molar-refractivity contribution in [3.8, 4) is 0 Å². The minimum absolute atomic E-state index is 0.0497. The summed E-state index contributed by atoms with van der Waals surface area (Å²) in [5, 5.41) is 1.35. The Balaban J connectivity index is 1.69. The summed E-state index contributed by atoms with van der Waals surface area (Å²) in [6, 6.07) is 21.1. The molecule has 0 amide bonds. The Morgan fingerprint density at radius 3 is 1.83 bits per heavy atom. The van der Waals surface area contributed by atoms with E-state index >= 15 is 0 Å². The van der Waals surface area contributed by atoms with Crippen LogP contribution in [0.4, 0.5) is 4.39 Å². The van der Waals surface area contributed by atoms with E-state index in [1.54, 1.807) is 0 Å². The molecule has 4 rings (SSSR count). The normalized spacial score (nSPS) is 17.9. The second-order valence-corrected chi connectivity index (χ2v) is 8.73. The van der Waals surface area contributed by atoms with Crippen LogP contribution in [-0.4, -0.2) is 22.9 Å². The monoisotopic (exact) mass is 442 g/mol. The van der Waals surface area contributed by atoms with Crippen molar-refractivity contribution in [3.05, 3.63) is 105 Å². The minimum Gasteiger partial charge on any atom is -0.280 e. The van der Waals surface area contributed by atoms with Gasteiger partial charge in [-0.15, -0.1) is 0 Å². The molecule has 2 nitrogen and oxygen atoms in total. The second-order valence-electron chi connectivity index (χ2n) is 7.92. The van der Waals surface area contributed by atoms with Crippen LogP contribution in [0.1, 0.15) is 34.8 Å². The van der Waals surface area contributed by atoms with Gasteiger partial charge in [-0.2, -0.15) is 0 Å². The molecule has 3 aromatic carbocycles. The predicted molar refractivity (Wildman–Crippen MR) is 122 cm³/mol. The third-order valence-corrected chi connectivity index (χ3v) is 6.30. The Morgan fingerprint density at radius 2 is 1.30 bits per heavy atom. The largest absolute Gasteiger partial charge is 0.280 e. The van der Waals surface area contributed by atoms with Crippen LogP contribution in [0.3, 0.4) is 0 Å². The molecular weight excluding hydrogens is 418 g/mol. The number of rotatable bonds is 5. The molecule has 0 bridgehead atoms. The fourth-order valence-electron chi connectivity index (χ4n) is 4.16. The zero-order chi connectivity index (χ0) is 21.1. The van der Waals surface area contributed by atoms with Crippen molar-refractivity contribution in [2.24, 2.45) is 0 Å². The number of aryl methyl sites for hydroxylation is 1. The van der Waals surface area contributed by atoms with Crippen LogP contribution >= 0.6 is 23.2 Å². The van der Waals surface area contributed by atoms with Gasteiger partial charge in [-0.05, 0) is 48.7 Å². The molecule has 0 unspecified atom stereocenters. The fraction of sp³-hybridized carbons (Fsp3) is 0.280. The molecule has 0 N–H and O–H groups in total. The van der Waals surface area contributed by atoms with Crippen LogP contribution in [0.2, 0.25) is 10.0 Å². The lowest BCUT2D eigenvalue weighted by atomic mass is 10.0. The first-order valence-corrected chi connectivity index (χ1v) is 11.0. The average Bonchev–Trinajstić information content (AvgIpc) is 2.73. The van der Waals surface area contributed by atoms with Gasteiger partial charge in [-0.25, -0.2) is 4.39 Å². The topological polar surface area (TPSA) is 6.48 Å². The maximum absolute atomic E-state index is 13.4. The van der Waals surface area contributed by atoms with E-state index in [9.17, 15) is 4.39 Å². The maximum Gasteiger partial charge on any atom is 0.123 e. The van der Waals surface area contributed by atoms with Gasteiger partial charge >= 0.3 is 0 Å². The second kappa shape index (κ2) is 9.49. The average molecular weight is 443 g/mol. The number of benzene rings is 3. The summed E-state index contributed by atoms with van der Waals surface area (Å²) in [5.41, 5.74) is 4.52. The molecule has 0 spiro atoms. The van der Waals surface area contributed by atoms with Crippen molar-refractivity contribution in [3.63, 3.8) is 0 Å². The number of nitrogens with zero attached hydrogens (tertiary/aromatic N) is 2. The van der Waals surface area contributed by atoms with E-state index in [0.717, 1.165) is 37.2 Å². The van der Waals surface area contributed by atoms with Gasteiger partial charge in [0.15, 0.2) is 0 Å². The van der Waals surface area contributed by atoms with Crippen LogP contribution in [0, 0.1) is 12.7 Å². The summed E-state index contributed by atoms with van der Waals surface area (Å²) in [4.78, 5) is 4.82. The molecule has 0 aliphatic carbocycles. The number of halogens is 3. The Morgan fingerprint density at radius 1 is 0.800 bits per heavy atom. The van der Waals surface area contributed by atoms with E-state index in [-0.39, 0.29) is 12.0 Å². The zero-order valence-corrected chi connectivity index (χ0v) is 18.5. The van der Waals surface area contributed by atoms with Crippen molar-refractivity contribution in [1.29, 1.82) is 0 Å². The number of hydrogen-bond acceptors (Lipinski definition) is 2. The first-order chi connectivity index (χ1) is 14.5. The number of hydrogen-bond donors (Lipinski definition) is 0. The van der Waals surface area contributed by atoms with Gasteiger partial charge in [-0.1, -0.05) is 71.2 Å². The molecule has 0 saturated carbocycles. The standard InChI is InChI=1S/C25H25Cl2FN2/c1-18-6-8-19(9-7-18)16-29-14-3-15-30(17-20-10-12-21(28)13-11-20)25(29)24-22(26)4-2-5-23(24)27/h2,4-13,25H,3,14-17H2,1H3/t25-/m0/s1. The van der Waals surface area contributed by atoms with Crippen molar-refractivity contribution < 1.29 is 4.39 Å². The van der Waals surface area contributed by atoms with Gasteiger partial charge < -0.3 is 0 Å². The lowest BCUT2D eigenvalue weighted by Gasteiger charge is -2.45. The summed E-state index contributed by atoms with van der Waals surface area (Å²) in [6.07, 6.45) is 0.998. The van der Waals surface area contributed by atoms with Crippen LogP contribution in [0.15, 0.2) is 66.7 Å². The van der Waals surface area contributed by atoms with E-state index < -0.39 is 0 Å². The Labute approximate surface area is 187 Å². The van der Waals surface area contributed by atoms with Gasteiger partial charge in [0.25, 0.3) is 0 Å². The van der Waals surface area contributed by atoms with Gasteiger partial charge in [0.05, 0.1) is 6.17 Å². The highest BCUT2D eigenvalue weighted by Gasteiger charge is 2.33. The third-order valence-electron chi connectivity index (χ3n) is 5.65. The molecule has 0 radical (unpaired) electrons. The molecule has 0 aromatic heterocycles. The first-order valence-electron chi connectivity index (χ1n) is 10.2. The quantitative estimate of drug-likeness (QED) is 0.426. The minimum atomic E-state index is -0.218. The smallest absolute Gasteiger partial charge is 0.123 e. The molecule has 1 aliphatic rings. The fourth-order valence-corrected chi connectivity index (χ4v) is 4.75. The van der Waals surface area contributed by atoms with Crippen LogP contribution < -0.4 is 0 Å². The Bertz CT molecular complexity index is 913. The summed E-state index contributed by atoms with van der Waals surface area (Å²) in [6.45, 7) is 5.50. The van der Waals surface area contributed by atoms with Crippen LogP contribution in [0.25, 0.3) is 0 Å². The summed E-state index contributed by atoms with van der Waals surface area (Å²) < 4.78 is 13.4. The Hall–Kier alpha value is -1.91. The molecule has 30 heavy (non-hydrogen) atoms. The zero-order valence-electron chi connectivity index (χ0n) is 17.0. The molecule has 1 aliphatic heterocycles. The highest BCUT2D eigenvalue weighted by Crippen LogP contribution is 2.39. The molecule has 1 heterocycles. The van der Waals surface area contributed by atoms with Crippen molar-refractivity contribution in [2.75, 3.05) is 13.1 Å². The van der Waals surface area contributed by atoms with Crippen LogP contribution in [0.5, 0.6) is 0 Å².